The lowest BCUT2D eigenvalue weighted by Crippen LogP contribution is -2.50. The van der Waals surface area contributed by atoms with Gasteiger partial charge in [-0.2, -0.15) is 5.01 Å². The molecule has 4 amide bonds. The van der Waals surface area contributed by atoms with Crippen molar-refractivity contribution >= 4 is 17.8 Å². The molecule has 1 aliphatic rings. The smallest absolute Gasteiger partial charge is 0.344 e. The summed E-state index contributed by atoms with van der Waals surface area (Å²) in [5.74, 6) is -1.77. The van der Waals surface area contributed by atoms with Gasteiger partial charge in [0.15, 0.2) is 12.1 Å². The van der Waals surface area contributed by atoms with Crippen LogP contribution in [0.1, 0.15) is 11.1 Å². The maximum absolute atomic E-state index is 13.4. The zero-order valence-electron chi connectivity index (χ0n) is 16.2. The lowest BCUT2D eigenvalue weighted by atomic mass is 9.83. The molecule has 8 heteroatoms. The zero-order valence-corrected chi connectivity index (χ0v) is 16.2. The van der Waals surface area contributed by atoms with Gasteiger partial charge in [0.1, 0.15) is 11.6 Å². The minimum atomic E-state index is -1.49. The largest absolute Gasteiger partial charge is 0.484 e. The highest BCUT2D eigenvalue weighted by Gasteiger charge is 2.54. The average Bonchev–Trinajstić information content (AvgIpc) is 3.04. The van der Waals surface area contributed by atoms with Crippen molar-refractivity contribution in [2.75, 3.05) is 6.61 Å². The molecule has 1 fully saturated rings. The van der Waals surface area contributed by atoms with Crippen molar-refractivity contribution in [1.82, 2.24) is 15.8 Å². The number of nitrogens with zero attached hydrogens (tertiary/aromatic N) is 1. The number of carbonyl (C=O) groups excluding carboxylic acids is 3. The fraction of sp³-hybridized carbons (Fsp3) is 0.0870. The summed E-state index contributed by atoms with van der Waals surface area (Å²) >= 11 is 0. The van der Waals surface area contributed by atoms with E-state index in [1.165, 1.54) is 18.2 Å². The molecule has 0 aliphatic carbocycles. The minimum absolute atomic E-state index is 0.148. The van der Waals surface area contributed by atoms with Crippen LogP contribution in [0.25, 0.3) is 0 Å². The van der Waals surface area contributed by atoms with Gasteiger partial charge in [-0.25, -0.2) is 9.18 Å². The van der Waals surface area contributed by atoms with E-state index in [-0.39, 0.29) is 5.75 Å². The third kappa shape index (κ3) is 3.83. The number of ether oxygens (including phenoxy) is 1. The number of nitrogens with one attached hydrogen (secondary N) is 2. The summed E-state index contributed by atoms with van der Waals surface area (Å²) in [7, 11) is 0. The number of amides is 4. The number of benzene rings is 3. The summed E-state index contributed by atoms with van der Waals surface area (Å²) < 4.78 is 18.5. The molecule has 1 aliphatic heterocycles. The molecule has 156 valence electrons. The van der Waals surface area contributed by atoms with Crippen LogP contribution in [0.15, 0.2) is 84.9 Å². The lowest BCUT2D eigenvalue weighted by Gasteiger charge is -2.27. The van der Waals surface area contributed by atoms with Gasteiger partial charge in [0.25, 0.3) is 11.8 Å². The van der Waals surface area contributed by atoms with Crippen LogP contribution in [0.4, 0.5) is 9.18 Å². The van der Waals surface area contributed by atoms with Gasteiger partial charge in [-0.05, 0) is 23.3 Å². The second-order valence-electron chi connectivity index (χ2n) is 6.83. The Bertz CT molecular complexity index is 1080. The van der Waals surface area contributed by atoms with Crippen molar-refractivity contribution in [3.05, 3.63) is 102 Å². The number of imide groups is 1. The molecule has 4 rings (SSSR count). The molecular formula is C23H18FN3O4. The highest BCUT2D eigenvalue weighted by Crippen LogP contribution is 2.35. The van der Waals surface area contributed by atoms with Crippen LogP contribution >= 0.6 is 0 Å². The van der Waals surface area contributed by atoms with Crippen molar-refractivity contribution < 1.29 is 23.5 Å². The summed E-state index contributed by atoms with van der Waals surface area (Å²) in [5, 5.41) is 3.35. The van der Waals surface area contributed by atoms with Crippen molar-refractivity contribution in [2.24, 2.45) is 0 Å². The third-order valence-corrected chi connectivity index (χ3v) is 4.84. The summed E-state index contributed by atoms with van der Waals surface area (Å²) in [5.41, 5.74) is 1.88. The number of hydrogen-bond donors (Lipinski definition) is 2. The summed E-state index contributed by atoms with van der Waals surface area (Å²) in [4.78, 5) is 38.4. The molecule has 0 spiro atoms. The van der Waals surface area contributed by atoms with Crippen LogP contribution in [-0.2, 0) is 15.1 Å². The fourth-order valence-corrected chi connectivity index (χ4v) is 3.43. The monoisotopic (exact) mass is 419 g/mol. The van der Waals surface area contributed by atoms with Crippen molar-refractivity contribution in [3.8, 4) is 5.75 Å². The van der Waals surface area contributed by atoms with Crippen LogP contribution in [0.5, 0.6) is 5.75 Å². The van der Waals surface area contributed by atoms with Crippen LogP contribution < -0.4 is 15.5 Å². The molecule has 3 aromatic carbocycles. The van der Waals surface area contributed by atoms with Crippen LogP contribution in [0.2, 0.25) is 0 Å². The van der Waals surface area contributed by atoms with Crippen molar-refractivity contribution in [3.63, 3.8) is 0 Å². The Morgan fingerprint density at radius 2 is 1.55 bits per heavy atom. The second-order valence-corrected chi connectivity index (χ2v) is 6.83. The van der Waals surface area contributed by atoms with E-state index in [2.05, 4.69) is 10.7 Å². The lowest BCUT2D eigenvalue weighted by molar-refractivity contribution is -0.139. The number of urea groups is 1. The van der Waals surface area contributed by atoms with Gasteiger partial charge < -0.3 is 10.1 Å². The Balaban J connectivity index is 1.57. The van der Waals surface area contributed by atoms with Gasteiger partial charge in [-0.3, -0.25) is 15.0 Å². The first-order chi connectivity index (χ1) is 15.0. The summed E-state index contributed by atoms with van der Waals surface area (Å²) in [6, 6.07) is 22.0. The molecular weight excluding hydrogens is 401 g/mol. The molecule has 7 nitrogen and oxygen atoms in total. The molecule has 31 heavy (non-hydrogen) atoms. The highest BCUT2D eigenvalue weighted by atomic mass is 19.1. The highest BCUT2D eigenvalue weighted by molar-refractivity contribution is 6.10. The van der Waals surface area contributed by atoms with Crippen LogP contribution in [0.3, 0.4) is 0 Å². The second kappa shape index (κ2) is 8.27. The van der Waals surface area contributed by atoms with Gasteiger partial charge in [-0.1, -0.05) is 66.7 Å². The van der Waals surface area contributed by atoms with E-state index < -0.39 is 35.8 Å². The van der Waals surface area contributed by atoms with E-state index in [0.29, 0.717) is 16.1 Å². The van der Waals surface area contributed by atoms with E-state index in [1.54, 1.807) is 60.7 Å². The number of carbonyl (C=O) groups is 3. The molecule has 0 unspecified atom stereocenters. The van der Waals surface area contributed by atoms with Gasteiger partial charge >= 0.3 is 6.03 Å². The number of hydrazine groups is 1. The van der Waals surface area contributed by atoms with Gasteiger partial charge in [0.05, 0.1) is 0 Å². The molecule has 0 radical (unpaired) electrons. The van der Waals surface area contributed by atoms with Crippen molar-refractivity contribution in [2.45, 2.75) is 5.54 Å². The van der Waals surface area contributed by atoms with E-state index in [0.717, 1.165) is 6.07 Å². The van der Waals surface area contributed by atoms with Gasteiger partial charge in [0, 0.05) is 6.07 Å². The molecule has 1 heterocycles. The molecule has 0 aromatic heterocycles. The first-order valence-electron chi connectivity index (χ1n) is 9.46. The predicted molar refractivity (Wildman–Crippen MR) is 109 cm³/mol. The Kier molecular flexibility index (Phi) is 5.36. The summed E-state index contributed by atoms with van der Waals surface area (Å²) in [6.45, 7) is -0.510. The molecule has 1 saturated heterocycles. The van der Waals surface area contributed by atoms with E-state index in [1.807, 2.05) is 0 Å². The van der Waals surface area contributed by atoms with Gasteiger partial charge in [0.2, 0.25) is 0 Å². The van der Waals surface area contributed by atoms with E-state index >= 15 is 0 Å². The molecule has 2 N–H and O–H groups in total. The fourth-order valence-electron chi connectivity index (χ4n) is 3.43. The first kappa shape index (κ1) is 20.1. The SMILES string of the molecule is O=C(COc1cccc(F)c1)NN1C(=O)NC(c2ccccc2)(c2ccccc2)C1=O. The Morgan fingerprint density at radius 3 is 2.13 bits per heavy atom. The minimum Gasteiger partial charge on any atom is -0.484 e. The number of halogens is 1. The standard InChI is InChI=1S/C23H18FN3O4/c24-18-12-7-13-19(14-18)31-15-20(28)26-27-21(29)23(25-22(27)30,16-8-3-1-4-9-16)17-10-5-2-6-11-17/h1-14H,15H2,(H,25,30)(H,26,28). The maximum Gasteiger partial charge on any atom is 0.344 e. The Labute approximate surface area is 177 Å². The Morgan fingerprint density at radius 1 is 0.935 bits per heavy atom. The van der Waals surface area contributed by atoms with Gasteiger partial charge in [-0.15, -0.1) is 0 Å². The normalized spacial score (nSPS) is 14.8. The first-order valence-corrected chi connectivity index (χ1v) is 9.46. The summed E-state index contributed by atoms with van der Waals surface area (Å²) in [6.07, 6.45) is 0. The topological polar surface area (TPSA) is 87.7 Å². The third-order valence-electron chi connectivity index (χ3n) is 4.84. The predicted octanol–water partition coefficient (Wildman–Crippen LogP) is 2.73. The van der Waals surface area contributed by atoms with Crippen molar-refractivity contribution in [1.29, 1.82) is 0 Å². The Hall–Kier alpha value is -4.20. The van der Waals surface area contributed by atoms with E-state index in [4.69, 9.17) is 4.74 Å². The van der Waals surface area contributed by atoms with Crippen LogP contribution in [-0.4, -0.2) is 29.5 Å². The zero-order chi connectivity index (χ0) is 21.8. The maximum atomic E-state index is 13.4. The number of hydrogen-bond acceptors (Lipinski definition) is 4. The number of rotatable bonds is 6. The average molecular weight is 419 g/mol. The molecule has 3 aromatic rings. The molecule has 0 atom stereocenters. The molecule has 0 saturated carbocycles. The van der Waals surface area contributed by atoms with Crippen LogP contribution in [0, 0.1) is 5.82 Å². The molecule has 0 bridgehead atoms. The van der Waals surface area contributed by atoms with E-state index in [9.17, 15) is 18.8 Å². The quantitative estimate of drug-likeness (QED) is 0.602.